The SMILES string of the molecule is CC(C)(C)Cc1ccns1. The lowest BCUT2D eigenvalue weighted by molar-refractivity contribution is 0.414. The zero-order valence-electron chi connectivity index (χ0n) is 6.72. The van der Waals surface area contributed by atoms with Gasteiger partial charge in [-0.15, -0.1) is 0 Å². The van der Waals surface area contributed by atoms with Crippen LogP contribution in [-0.4, -0.2) is 4.37 Å². The molecule has 0 aromatic carbocycles. The average Bonchev–Trinajstić information content (AvgIpc) is 2.12. The average molecular weight is 155 g/mol. The first-order valence-corrected chi connectivity index (χ1v) is 4.25. The van der Waals surface area contributed by atoms with Crippen molar-refractivity contribution in [2.24, 2.45) is 5.41 Å². The Labute approximate surface area is 66.3 Å². The third-order valence-electron chi connectivity index (χ3n) is 1.20. The lowest BCUT2D eigenvalue weighted by Crippen LogP contribution is -2.07. The molecule has 0 N–H and O–H groups in total. The Bertz CT molecular complexity index is 184. The zero-order valence-corrected chi connectivity index (χ0v) is 7.53. The highest BCUT2D eigenvalue weighted by Crippen LogP contribution is 2.21. The topological polar surface area (TPSA) is 12.9 Å². The van der Waals surface area contributed by atoms with Gasteiger partial charge in [0.25, 0.3) is 0 Å². The van der Waals surface area contributed by atoms with E-state index in [1.54, 1.807) is 11.5 Å². The van der Waals surface area contributed by atoms with E-state index in [1.807, 2.05) is 6.20 Å². The number of aromatic nitrogens is 1. The molecule has 1 aromatic heterocycles. The Hall–Kier alpha value is -0.370. The standard InChI is InChI=1S/C8H13NS/c1-8(2,3)6-7-4-5-9-10-7/h4-5H,6H2,1-3H3. The first kappa shape index (κ1) is 7.73. The lowest BCUT2D eigenvalue weighted by atomic mass is 9.92. The van der Waals surface area contributed by atoms with Gasteiger partial charge in [0.2, 0.25) is 0 Å². The first-order chi connectivity index (χ1) is 4.58. The van der Waals surface area contributed by atoms with Crippen LogP contribution in [0.2, 0.25) is 0 Å². The van der Waals surface area contributed by atoms with Crippen LogP contribution in [0.15, 0.2) is 12.3 Å². The minimum atomic E-state index is 0.395. The summed E-state index contributed by atoms with van der Waals surface area (Å²) >= 11 is 1.60. The fourth-order valence-electron chi connectivity index (χ4n) is 0.856. The van der Waals surface area contributed by atoms with E-state index < -0.39 is 0 Å². The van der Waals surface area contributed by atoms with Crippen LogP contribution < -0.4 is 0 Å². The molecule has 0 aliphatic rings. The molecule has 2 heteroatoms. The molecule has 0 aliphatic carbocycles. The molecule has 0 bridgehead atoms. The van der Waals surface area contributed by atoms with Crippen LogP contribution in [0.5, 0.6) is 0 Å². The van der Waals surface area contributed by atoms with E-state index in [1.165, 1.54) is 4.88 Å². The maximum Gasteiger partial charge on any atom is 0.0409 e. The summed E-state index contributed by atoms with van der Waals surface area (Å²) in [6, 6.07) is 2.09. The van der Waals surface area contributed by atoms with Gasteiger partial charge in [0.1, 0.15) is 0 Å². The third-order valence-corrected chi connectivity index (χ3v) is 1.94. The molecule has 0 amide bonds. The molecular weight excluding hydrogens is 142 g/mol. The maximum absolute atomic E-state index is 4.05. The van der Waals surface area contributed by atoms with Gasteiger partial charge in [-0.05, 0) is 29.4 Å². The van der Waals surface area contributed by atoms with Gasteiger partial charge in [-0.25, -0.2) is 4.37 Å². The Morgan fingerprint density at radius 1 is 1.50 bits per heavy atom. The predicted molar refractivity (Wildman–Crippen MR) is 45.3 cm³/mol. The van der Waals surface area contributed by atoms with Crippen molar-refractivity contribution in [1.29, 1.82) is 0 Å². The fraction of sp³-hybridized carbons (Fsp3) is 0.625. The first-order valence-electron chi connectivity index (χ1n) is 3.47. The van der Waals surface area contributed by atoms with E-state index in [-0.39, 0.29) is 0 Å². The molecule has 0 saturated carbocycles. The van der Waals surface area contributed by atoms with E-state index in [4.69, 9.17) is 0 Å². The van der Waals surface area contributed by atoms with Crippen LogP contribution in [0.3, 0.4) is 0 Å². The molecule has 10 heavy (non-hydrogen) atoms. The van der Waals surface area contributed by atoms with Crippen molar-refractivity contribution in [3.05, 3.63) is 17.1 Å². The lowest BCUT2D eigenvalue weighted by Gasteiger charge is -2.15. The zero-order chi connectivity index (χ0) is 7.61. The molecule has 1 nitrogen and oxygen atoms in total. The Morgan fingerprint density at radius 3 is 2.60 bits per heavy atom. The molecule has 0 atom stereocenters. The van der Waals surface area contributed by atoms with E-state index in [9.17, 15) is 0 Å². The summed E-state index contributed by atoms with van der Waals surface area (Å²) < 4.78 is 4.05. The second kappa shape index (κ2) is 2.70. The van der Waals surface area contributed by atoms with Crippen LogP contribution in [-0.2, 0) is 6.42 Å². The van der Waals surface area contributed by atoms with Gasteiger partial charge in [0.15, 0.2) is 0 Å². The van der Waals surface area contributed by atoms with Crippen LogP contribution in [0.4, 0.5) is 0 Å². The molecule has 1 rings (SSSR count). The minimum absolute atomic E-state index is 0.395. The Kier molecular flexibility index (Phi) is 2.09. The number of hydrogen-bond acceptors (Lipinski definition) is 2. The Morgan fingerprint density at radius 2 is 2.20 bits per heavy atom. The highest BCUT2D eigenvalue weighted by atomic mass is 32.1. The summed E-state index contributed by atoms with van der Waals surface area (Å²) in [5, 5.41) is 0. The van der Waals surface area contributed by atoms with Crippen molar-refractivity contribution < 1.29 is 0 Å². The van der Waals surface area contributed by atoms with E-state index in [2.05, 4.69) is 31.2 Å². The van der Waals surface area contributed by atoms with Gasteiger partial charge in [-0.1, -0.05) is 20.8 Å². The summed E-state index contributed by atoms with van der Waals surface area (Å²) in [7, 11) is 0. The van der Waals surface area contributed by atoms with E-state index in [0.717, 1.165) is 6.42 Å². The predicted octanol–water partition coefficient (Wildman–Crippen LogP) is 2.73. The normalized spacial score (nSPS) is 11.9. The molecule has 1 heterocycles. The second-order valence-corrected chi connectivity index (χ2v) is 4.63. The van der Waals surface area contributed by atoms with Gasteiger partial charge in [-0.3, -0.25) is 0 Å². The number of rotatable bonds is 1. The summed E-state index contributed by atoms with van der Waals surface area (Å²) in [4.78, 5) is 1.38. The third kappa shape index (κ3) is 2.48. The molecule has 0 unspecified atom stereocenters. The molecule has 0 aliphatic heterocycles. The molecule has 0 saturated heterocycles. The molecule has 1 aromatic rings. The van der Waals surface area contributed by atoms with Gasteiger partial charge in [-0.2, -0.15) is 0 Å². The second-order valence-electron chi connectivity index (χ2n) is 3.72. The Balaban J connectivity index is 2.57. The van der Waals surface area contributed by atoms with Crippen molar-refractivity contribution in [1.82, 2.24) is 4.37 Å². The summed E-state index contributed by atoms with van der Waals surface area (Å²) in [6.45, 7) is 6.73. The van der Waals surface area contributed by atoms with Crippen molar-refractivity contribution in [2.75, 3.05) is 0 Å². The van der Waals surface area contributed by atoms with Crippen molar-refractivity contribution >= 4 is 11.5 Å². The van der Waals surface area contributed by atoms with E-state index >= 15 is 0 Å². The van der Waals surface area contributed by atoms with Crippen LogP contribution in [0.25, 0.3) is 0 Å². The smallest absolute Gasteiger partial charge is 0.0409 e. The molecule has 0 fully saturated rings. The highest BCUT2D eigenvalue weighted by Gasteiger charge is 2.11. The number of hydrogen-bond donors (Lipinski definition) is 0. The van der Waals surface area contributed by atoms with Crippen LogP contribution >= 0.6 is 11.5 Å². The molecular formula is C8H13NS. The summed E-state index contributed by atoms with van der Waals surface area (Å²) in [5.41, 5.74) is 0.395. The van der Waals surface area contributed by atoms with Crippen molar-refractivity contribution in [3.63, 3.8) is 0 Å². The molecule has 56 valence electrons. The number of nitrogens with zero attached hydrogens (tertiary/aromatic N) is 1. The van der Waals surface area contributed by atoms with Gasteiger partial charge in [0, 0.05) is 11.1 Å². The van der Waals surface area contributed by atoms with Gasteiger partial charge in [0.05, 0.1) is 0 Å². The van der Waals surface area contributed by atoms with Crippen molar-refractivity contribution in [2.45, 2.75) is 27.2 Å². The summed E-state index contributed by atoms with van der Waals surface area (Å²) in [6.07, 6.45) is 3.00. The largest absolute Gasteiger partial charge is 0.201 e. The van der Waals surface area contributed by atoms with Gasteiger partial charge >= 0.3 is 0 Å². The molecule has 0 spiro atoms. The monoisotopic (exact) mass is 155 g/mol. The highest BCUT2D eigenvalue weighted by molar-refractivity contribution is 7.05. The maximum atomic E-state index is 4.05. The quantitative estimate of drug-likeness (QED) is 0.607. The van der Waals surface area contributed by atoms with Crippen LogP contribution in [0, 0.1) is 5.41 Å². The summed E-state index contributed by atoms with van der Waals surface area (Å²) in [5.74, 6) is 0. The van der Waals surface area contributed by atoms with Crippen LogP contribution in [0.1, 0.15) is 25.6 Å². The van der Waals surface area contributed by atoms with Gasteiger partial charge < -0.3 is 0 Å². The molecule has 0 radical (unpaired) electrons. The van der Waals surface area contributed by atoms with Crippen molar-refractivity contribution in [3.8, 4) is 0 Å². The van der Waals surface area contributed by atoms with E-state index in [0.29, 0.717) is 5.41 Å². The minimum Gasteiger partial charge on any atom is -0.201 e. The fourth-order valence-corrected chi connectivity index (χ4v) is 1.73.